The van der Waals surface area contributed by atoms with E-state index in [4.69, 9.17) is 20.1 Å². The monoisotopic (exact) mass is 318 g/mol. The molecule has 0 aromatic rings. The van der Waals surface area contributed by atoms with Gasteiger partial charge in [0.25, 0.3) is 0 Å². The van der Waals surface area contributed by atoms with Crippen molar-refractivity contribution in [2.75, 3.05) is 19.8 Å². The van der Waals surface area contributed by atoms with E-state index in [2.05, 4.69) is 10.5 Å². The van der Waals surface area contributed by atoms with E-state index < -0.39 is 38.4 Å². The van der Waals surface area contributed by atoms with Crippen molar-refractivity contribution in [2.24, 2.45) is 0 Å². The van der Waals surface area contributed by atoms with Gasteiger partial charge < -0.3 is 35.6 Å². The Bertz CT molecular complexity index is 336. The third-order valence-electron chi connectivity index (χ3n) is 2.93. The zero-order valence-corrected chi connectivity index (χ0v) is 13.2. The summed E-state index contributed by atoms with van der Waals surface area (Å²) in [5.74, 6) is -0.617. The summed E-state index contributed by atoms with van der Waals surface area (Å²) in [6.45, 7) is 2.96. The molecule has 9 heteroatoms. The fourth-order valence-corrected chi connectivity index (χ4v) is 1.74. The molecule has 0 saturated carbocycles. The van der Waals surface area contributed by atoms with Crippen LogP contribution in [0.1, 0.15) is 26.2 Å². The Morgan fingerprint density at radius 2 is 1.95 bits per heavy atom. The van der Waals surface area contributed by atoms with Gasteiger partial charge in [-0.15, -0.1) is 0 Å². The first-order chi connectivity index (χ1) is 10.4. The zero-order valence-electron chi connectivity index (χ0n) is 13.2. The van der Waals surface area contributed by atoms with Gasteiger partial charge >= 0.3 is 13.0 Å². The summed E-state index contributed by atoms with van der Waals surface area (Å²) < 4.78 is 4.95. The highest BCUT2D eigenvalue weighted by atomic mass is 16.6. The van der Waals surface area contributed by atoms with E-state index in [9.17, 15) is 9.82 Å². The minimum atomic E-state index is -0.954. The van der Waals surface area contributed by atoms with E-state index in [1.54, 1.807) is 6.92 Å². The first kappa shape index (κ1) is 20.7. The van der Waals surface area contributed by atoms with Gasteiger partial charge in [-0.1, -0.05) is 0 Å². The summed E-state index contributed by atoms with van der Waals surface area (Å²) in [6.07, 6.45) is 1.93. The van der Waals surface area contributed by atoms with Gasteiger partial charge in [-0.2, -0.15) is 0 Å². The van der Waals surface area contributed by atoms with E-state index in [1.165, 1.54) is 6.82 Å². The number of carbonyl (C=O) groups is 1. The third-order valence-corrected chi connectivity index (χ3v) is 2.93. The molecule has 1 atom stereocenters. The molecule has 1 unspecified atom stereocenters. The van der Waals surface area contributed by atoms with Gasteiger partial charge in [0.15, 0.2) is 0 Å². The molecule has 0 saturated heterocycles. The van der Waals surface area contributed by atoms with Gasteiger partial charge in [0, 0.05) is 12.2 Å². The van der Waals surface area contributed by atoms with E-state index in [-0.39, 0.29) is 0 Å². The van der Waals surface area contributed by atoms with Crippen LogP contribution in [-0.4, -0.2) is 65.3 Å². The molecule has 0 fully saturated rings. The van der Waals surface area contributed by atoms with E-state index >= 15 is 0 Å². The lowest BCUT2D eigenvalue weighted by Crippen LogP contribution is -2.47. The number of hydrogen-bond acceptors (Lipinski definition) is 8. The average molecular weight is 318 g/mol. The molecule has 0 aliphatic heterocycles. The van der Waals surface area contributed by atoms with Crippen molar-refractivity contribution in [3.63, 3.8) is 0 Å². The smallest absolute Gasteiger partial charge is 0.374 e. The Balaban J connectivity index is 4.25. The van der Waals surface area contributed by atoms with Gasteiger partial charge in [0.05, 0.1) is 25.5 Å². The van der Waals surface area contributed by atoms with E-state index in [0.717, 1.165) is 12.7 Å². The molecule has 0 heterocycles. The highest BCUT2D eigenvalue weighted by molar-refractivity contribution is 6.46. The fraction of sp³-hybridized carbons (Fsp3) is 0.769. The first-order valence-electron chi connectivity index (χ1n) is 7.35. The summed E-state index contributed by atoms with van der Waals surface area (Å²) in [7, 11) is -0.878. The molecule has 0 aliphatic carbocycles. The Labute approximate surface area is 131 Å². The van der Waals surface area contributed by atoms with Crippen LogP contribution in [0.5, 0.6) is 0 Å². The van der Waals surface area contributed by atoms with Gasteiger partial charge in [-0.05, 0) is 33.0 Å². The zero-order chi connectivity index (χ0) is 17.0. The quantitative estimate of drug-likeness (QED) is 0.118. The standard InChI is InChI=1S/C13H27BN2O6/c1-10(7-17)15-6-4-3-5-12(16-14(2)21)13(20)22-11(8-18)9-19/h7,11-12,15-19,21H,3-6,8-9H2,1-2H3/b10-7-. The summed E-state index contributed by atoms with van der Waals surface area (Å²) in [6, 6.07) is -0.713. The number of hydrogen-bond donors (Lipinski definition) is 6. The molecule has 8 nitrogen and oxygen atoms in total. The highest BCUT2D eigenvalue weighted by Crippen LogP contribution is 2.05. The molecule has 0 rings (SSSR count). The van der Waals surface area contributed by atoms with Crippen LogP contribution in [0.3, 0.4) is 0 Å². The van der Waals surface area contributed by atoms with Crippen LogP contribution in [0.4, 0.5) is 0 Å². The molecule has 0 radical (unpaired) electrons. The lowest BCUT2D eigenvalue weighted by Gasteiger charge is -2.21. The Morgan fingerprint density at radius 3 is 2.45 bits per heavy atom. The average Bonchev–Trinajstić information content (AvgIpc) is 2.50. The van der Waals surface area contributed by atoms with E-state index in [0.29, 0.717) is 25.1 Å². The minimum absolute atomic E-state index is 0.441. The second kappa shape index (κ2) is 12.3. The number of ether oxygens (including phenoxy) is 1. The minimum Gasteiger partial charge on any atom is -0.514 e. The summed E-state index contributed by atoms with van der Waals surface area (Å²) >= 11 is 0. The molecular formula is C13H27BN2O6. The maximum Gasteiger partial charge on any atom is 0.374 e. The third kappa shape index (κ3) is 9.61. The predicted octanol–water partition coefficient (Wildman–Crippen LogP) is -0.869. The lowest BCUT2D eigenvalue weighted by atomic mass is 9.86. The number of carbonyl (C=O) groups excluding carboxylic acids is 1. The molecule has 0 bridgehead atoms. The Morgan fingerprint density at radius 1 is 1.32 bits per heavy atom. The van der Waals surface area contributed by atoms with Crippen LogP contribution in [-0.2, 0) is 9.53 Å². The molecule has 0 spiro atoms. The van der Waals surface area contributed by atoms with Gasteiger partial charge in [-0.3, -0.25) is 4.79 Å². The molecule has 6 N–H and O–H groups in total. The highest BCUT2D eigenvalue weighted by Gasteiger charge is 2.24. The van der Waals surface area contributed by atoms with Crippen molar-refractivity contribution in [2.45, 2.75) is 45.2 Å². The molecule has 0 amide bonds. The maximum atomic E-state index is 11.9. The van der Waals surface area contributed by atoms with Crippen LogP contribution < -0.4 is 10.5 Å². The molecule has 0 aliphatic rings. The van der Waals surface area contributed by atoms with E-state index in [1.807, 2.05) is 0 Å². The maximum absolute atomic E-state index is 11.9. The first-order valence-corrected chi connectivity index (χ1v) is 7.35. The van der Waals surface area contributed by atoms with Gasteiger partial charge in [0.2, 0.25) is 0 Å². The number of aliphatic hydroxyl groups excluding tert-OH is 3. The molecule has 128 valence electrons. The number of unbranched alkanes of at least 4 members (excludes halogenated alkanes) is 1. The number of allylic oxidation sites excluding steroid dienone is 1. The van der Waals surface area contributed by atoms with Crippen molar-refractivity contribution in [3.05, 3.63) is 12.0 Å². The van der Waals surface area contributed by atoms with Crippen LogP contribution in [0.15, 0.2) is 12.0 Å². The van der Waals surface area contributed by atoms with Crippen LogP contribution >= 0.6 is 0 Å². The van der Waals surface area contributed by atoms with Crippen LogP contribution in [0.2, 0.25) is 6.82 Å². The van der Waals surface area contributed by atoms with Crippen LogP contribution in [0, 0.1) is 0 Å². The number of aliphatic hydroxyl groups is 3. The summed E-state index contributed by atoms with van der Waals surface area (Å²) in [5.41, 5.74) is 0.659. The second-order valence-corrected chi connectivity index (χ2v) is 5.05. The van der Waals surface area contributed by atoms with Gasteiger partial charge in [0.1, 0.15) is 6.10 Å². The topological polar surface area (TPSA) is 131 Å². The normalized spacial score (nSPS) is 13.1. The van der Waals surface area contributed by atoms with Gasteiger partial charge in [-0.25, -0.2) is 0 Å². The molecule has 0 aromatic heterocycles. The van der Waals surface area contributed by atoms with Crippen molar-refractivity contribution in [3.8, 4) is 0 Å². The largest absolute Gasteiger partial charge is 0.514 e. The lowest BCUT2D eigenvalue weighted by molar-refractivity contribution is -0.155. The van der Waals surface area contributed by atoms with Crippen molar-refractivity contribution < 1.29 is 29.9 Å². The van der Waals surface area contributed by atoms with Crippen molar-refractivity contribution >= 4 is 13.0 Å². The SMILES string of the molecule is CB(O)NC(CCCCN/C(C)=C\O)C(=O)OC(CO)CO. The number of rotatable bonds is 12. The van der Waals surface area contributed by atoms with Crippen molar-refractivity contribution in [1.82, 2.24) is 10.5 Å². The molecule has 22 heavy (non-hydrogen) atoms. The number of esters is 1. The Hall–Kier alpha value is -1.29. The summed E-state index contributed by atoms with van der Waals surface area (Å²) in [4.78, 5) is 11.9. The number of nitrogens with one attached hydrogen (secondary N) is 2. The van der Waals surface area contributed by atoms with Crippen molar-refractivity contribution in [1.29, 1.82) is 0 Å². The molecule has 0 aromatic carbocycles. The Kier molecular flexibility index (Phi) is 11.6. The summed E-state index contributed by atoms with van der Waals surface area (Å²) in [5, 5.41) is 41.6. The molecular weight excluding hydrogens is 291 g/mol. The fourth-order valence-electron chi connectivity index (χ4n) is 1.74. The predicted molar refractivity (Wildman–Crippen MR) is 83.1 cm³/mol. The van der Waals surface area contributed by atoms with Crippen LogP contribution in [0.25, 0.3) is 0 Å². The second-order valence-electron chi connectivity index (χ2n) is 5.05.